The number of hydrogen-bond donors (Lipinski definition) is 2. The van der Waals surface area contributed by atoms with Crippen LogP contribution in [0, 0.1) is 0 Å². The molecule has 3 nitrogen and oxygen atoms in total. The lowest BCUT2D eigenvalue weighted by Gasteiger charge is -2.35. The van der Waals surface area contributed by atoms with Crippen molar-refractivity contribution in [3.05, 3.63) is 29.8 Å². The molecular weight excluding hydrogens is 224 g/mol. The first-order valence-corrected chi connectivity index (χ1v) is 6.95. The normalized spacial score (nSPS) is 30.9. The summed E-state index contributed by atoms with van der Waals surface area (Å²) < 4.78 is 0. The minimum Gasteiger partial charge on any atom is -0.508 e. The Morgan fingerprint density at radius 3 is 2.39 bits per heavy atom. The van der Waals surface area contributed by atoms with Gasteiger partial charge in [0, 0.05) is 24.7 Å². The van der Waals surface area contributed by atoms with Crippen LogP contribution < -0.4 is 5.32 Å². The molecule has 0 radical (unpaired) electrons. The molecule has 98 valence electrons. The van der Waals surface area contributed by atoms with Gasteiger partial charge in [-0.05, 0) is 50.4 Å². The molecule has 2 bridgehead atoms. The standard InChI is InChI=1S/C15H22N2O/c1-17(10-11-2-6-15(18)7-3-11)14-8-12-4-5-13(9-14)16-12/h2-3,6-7,12-14,16,18H,4-5,8-10H2,1H3. The summed E-state index contributed by atoms with van der Waals surface area (Å²) in [7, 11) is 2.22. The van der Waals surface area contributed by atoms with Crippen molar-refractivity contribution in [3.63, 3.8) is 0 Å². The van der Waals surface area contributed by atoms with Crippen LogP contribution in [0.2, 0.25) is 0 Å². The topological polar surface area (TPSA) is 35.5 Å². The van der Waals surface area contributed by atoms with Gasteiger partial charge in [0.2, 0.25) is 0 Å². The van der Waals surface area contributed by atoms with Crippen LogP contribution in [0.3, 0.4) is 0 Å². The summed E-state index contributed by atoms with van der Waals surface area (Å²) in [5.41, 5.74) is 1.28. The van der Waals surface area contributed by atoms with Crippen LogP contribution in [-0.4, -0.2) is 35.2 Å². The maximum atomic E-state index is 9.30. The second kappa shape index (κ2) is 4.90. The molecule has 2 atom stereocenters. The predicted molar refractivity (Wildman–Crippen MR) is 72.5 cm³/mol. The number of hydrogen-bond acceptors (Lipinski definition) is 3. The minimum absolute atomic E-state index is 0.348. The van der Waals surface area contributed by atoms with Gasteiger partial charge in [-0.15, -0.1) is 0 Å². The Bertz CT molecular complexity index is 391. The summed E-state index contributed by atoms with van der Waals surface area (Å²) in [5.74, 6) is 0.348. The molecule has 18 heavy (non-hydrogen) atoms. The molecule has 2 aliphatic heterocycles. The average Bonchev–Trinajstić information content (AvgIpc) is 2.71. The molecule has 0 saturated carbocycles. The Kier molecular flexibility index (Phi) is 3.27. The fraction of sp³-hybridized carbons (Fsp3) is 0.600. The van der Waals surface area contributed by atoms with Crippen molar-refractivity contribution in [2.24, 2.45) is 0 Å². The summed E-state index contributed by atoms with van der Waals surface area (Å²) in [6, 6.07) is 9.78. The molecule has 3 rings (SSSR count). The van der Waals surface area contributed by atoms with Crippen molar-refractivity contribution in [1.82, 2.24) is 10.2 Å². The quantitative estimate of drug-likeness (QED) is 0.857. The first-order valence-electron chi connectivity index (χ1n) is 6.95. The highest BCUT2D eigenvalue weighted by Crippen LogP contribution is 2.29. The van der Waals surface area contributed by atoms with E-state index < -0.39 is 0 Å². The van der Waals surface area contributed by atoms with E-state index in [4.69, 9.17) is 0 Å². The van der Waals surface area contributed by atoms with Crippen molar-refractivity contribution >= 4 is 0 Å². The first kappa shape index (κ1) is 12.0. The van der Waals surface area contributed by atoms with E-state index in [0.29, 0.717) is 11.8 Å². The fourth-order valence-corrected chi connectivity index (χ4v) is 3.41. The van der Waals surface area contributed by atoms with Gasteiger partial charge < -0.3 is 10.4 Å². The zero-order valence-electron chi connectivity index (χ0n) is 11.0. The summed E-state index contributed by atoms with van der Waals surface area (Å²) in [4.78, 5) is 2.47. The summed E-state index contributed by atoms with van der Waals surface area (Å²) >= 11 is 0. The van der Waals surface area contributed by atoms with Crippen LogP contribution in [0.1, 0.15) is 31.2 Å². The van der Waals surface area contributed by atoms with Crippen LogP contribution in [-0.2, 0) is 6.54 Å². The number of nitrogens with one attached hydrogen (secondary N) is 1. The average molecular weight is 246 g/mol. The van der Waals surface area contributed by atoms with E-state index in [9.17, 15) is 5.11 Å². The molecule has 3 heteroatoms. The maximum Gasteiger partial charge on any atom is 0.115 e. The molecular formula is C15H22N2O. The number of rotatable bonds is 3. The maximum absolute atomic E-state index is 9.30. The van der Waals surface area contributed by atoms with Crippen LogP contribution in [0.25, 0.3) is 0 Å². The van der Waals surface area contributed by atoms with Crippen molar-refractivity contribution < 1.29 is 5.11 Å². The molecule has 2 aliphatic rings. The zero-order valence-corrected chi connectivity index (χ0v) is 11.0. The van der Waals surface area contributed by atoms with Crippen molar-refractivity contribution in [3.8, 4) is 5.75 Å². The van der Waals surface area contributed by atoms with E-state index in [1.54, 1.807) is 12.1 Å². The van der Waals surface area contributed by atoms with Crippen LogP contribution in [0.4, 0.5) is 0 Å². The van der Waals surface area contributed by atoms with Gasteiger partial charge in [0.05, 0.1) is 0 Å². The van der Waals surface area contributed by atoms with Gasteiger partial charge in [-0.1, -0.05) is 12.1 Å². The molecule has 0 aliphatic carbocycles. The lowest BCUT2D eigenvalue weighted by Crippen LogP contribution is -2.46. The highest BCUT2D eigenvalue weighted by Gasteiger charge is 2.34. The Morgan fingerprint density at radius 2 is 1.78 bits per heavy atom. The van der Waals surface area contributed by atoms with E-state index >= 15 is 0 Å². The number of phenolic OH excluding ortho intramolecular Hbond substituents is 1. The Labute approximate surface area is 109 Å². The van der Waals surface area contributed by atoms with Gasteiger partial charge in [-0.2, -0.15) is 0 Å². The number of nitrogens with zero attached hydrogens (tertiary/aromatic N) is 1. The van der Waals surface area contributed by atoms with Crippen LogP contribution in [0.15, 0.2) is 24.3 Å². The molecule has 2 N–H and O–H groups in total. The Morgan fingerprint density at radius 1 is 1.17 bits per heavy atom. The number of benzene rings is 1. The Balaban J connectivity index is 1.61. The smallest absolute Gasteiger partial charge is 0.115 e. The third kappa shape index (κ3) is 2.52. The second-order valence-corrected chi connectivity index (χ2v) is 5.84. The minimum atomic E-state index is 0.348. The lowest BCUT2D eigenvalue weighted by molar-refractivity contribution is 0.166. The zero-order chi connectivity index (χ0) is 12.5. The number of piperidine rings is 1. The van der Waals surface area contributed by atoms with Crippen molar-refractivity contribution in [2.45, 2.75) is 50.4 Å². The van der Waals surface area contributed by atoms with Gasteiger partial charge in [0.25, 0.3) is 0 Å². The summed E-state index contributed by atoms with van der Waals surface area (Å²) in [6.45, 7) is 0.977. The third-order valence-electron chi connectivity index (χ3n) is 4.44. The fourth-order valence-electron chi connectivity index (χ4n) is 3.41. The largest absolute Gasteiger partial charge is 0.508 e. The molecule has 2 saturated heterocycles. The lowest BCUT2D eigenvalue weighted by atomic mass is 9.98. The summed E-state index contributed by atoms with van der Waals surface area (Å²) in [6.07, 6.45) is 5.28. The van der Waals surface area contributed by atoms with Crippen LogP contribution >= 0.6 is 0 Å². The molecule has 1 aromatic carbocycles. The van der Waals surface area contributed by atoms with Gasteiger partial charge in [-0.3, -0.25) is 4.90 Å². The number of aromatic hydroxyl groups is 1. The monoisotopic (exact) mass is 246 g/mol. The van der Waals surface area contributed by atoms with E-state index in [1.165, 1.54) is 31.2 Å². The van der Waals surface area contributed by atoms with Gasteiger partial charge in [0.15, 0.2) is 0 Å². The predicted octanol–water partition coefficient (Wildman–Crippen LogP) is 2.11. The van der Waals surface area contributed by atoms with E-state index in [1.807, 2.05) is 12.1 Å². The van der Waals surface area contributed by atoms with Crippen LogP contribution in [0.5, 0.6) is 5.75 Å². The van der Waals surface area contributed by atoms with Crippen molar-refractivity contribution in [2.75, 3.05) is 7.05 Å². The van der Waals surface area contributed by atoms with E-state index in [0.717, 1.165) is 18.6 Å². The Hall–Kier alpha value is -1.06. The highest BCUT2D eigenvalue weighted by molar-refractivity contribution is 5.25. The molecule has 0 aromatic heterocycles. The molecule has 2 unspecified atom stereocenters. The van der Waals surface area contributed by atoms with E-state index in [2.05, 4.69) is 17.3 Å². The molecule has 2 fully saturated rings. The summed E-state index contributed by atoms with van der Waals surface area (Å²) in [5, 5.41) is 13.0. The molecule has 2 heterocycles. The molecule has 1 aromatic rings. The third-order valence-corrected chi connectivity index (χ3v) is 4.44. The van der Waals surface area contributed by atoms with Gasteiger partial charge >= 0.3 is 0 Å². The number of phenols is 1. The molecule has 0 amide bonds. The second-order valence-electron chi connectivity index (χ2n) is 5.84. The van der Waals surface area contributed by atoms with E-state index in [-0.39, 0.29) is 0 Å². The number of fused-ring (bicyclic) bond motifs is 2. The van der Waals surface area contributed by atoms with Crippen molar-refractivity contribution in [1.29, 1.82) is 0 Å². The SMILES string of the molecule is CN(Cc1ccc(O)cc1)C1CC2CCC(C1)N2. The van der Waals surface area contributed by atoms with Gasteiger partial charge in [0.1, 0.15) is 5.75 Å². The first-order chi connectivity index (χ1) is 8.70. The van der Waals surface area contributed by atoms with Gasteiger partial charge in [-0.25, -0.2) is 0 Å². The molecule has 0 spiro atoms. The highest BCUT2D eigenvalue weighted by atomic mass is 16.3.